The number of hydrogen-bond donors (Lipinski definition) is 0. The van der Waals surface area contributed by atoms with Crippen LogP contribution in [0.2, 0.25) is 0 Å². The second-order valence-electron chi connectivity index (χ2n) is 3.27. The molecule has 0 radical (unpaired) electrons. The molecule has 1 atom stereocenters. The van der Waals surface area contributed by atoms with E-state index in [4.69, 9.17) is 0 Å². The summed E-state index contributed by atoms with van der Waals surface area (Å²) in [5, 5.41) is 0. The molecule has 0 amide bonds. The van der Waals surface area contributed by atoms with Crippen molar-refractivity contribution in [1.29, 1.82) is 0 Å². The van der Waals surface area contributed by atoms with Crippen LogP contribution in [0, 0.1) is 5.92 Å². The number of nitrogens with zero attached hydrogens (tertiary/aromatic N) is 1. The summed E-state index contributed by atoms with van der Waals surface area (Å²) >= 11 is 0. The summed E-state index contributed by atoms with van der Waals surface area (Å²) in [6.45, 7) is 5.73. The number of allylic oxidation sites excluding steroid dienone is 1. The first-order valence-electron chi connectivity index (χ1n) is 4.69. The topological polar surface area (TPSA) is 20.3 Å². The molecular weight excluding hydrogens is 150 g/mol. The maximum atomic E-state index is 10.0. The van der Waals surface area contributed by atoms with Crippen LogP contribution in [0.25, 0.3) is 0 Å². The standard InChI is InChI=1S/C10H17NO/c1-2-11-7-6-10(9-11)5-3-4-8-12/h3,5,8,10H,2,4,6-7,9H2,1H3/b5-3-. The summed E-state index contributed by atoms with van der Waals surface area (Å²) in [7, 11) is 0. The summed E-state index contributed by atoms with van der Waals surface area (Å²) in [4.78, 5) is 12.5. The van der Waals surface area contributed by atoms with Crippen molar-refractivity contribution >= 4 is 6.29 Å². The van der Waals surface area contributed by atoms with Gasteiger partial charge in [0.15, 0.2) is 0 Å². The lowest BCUT2D eigenvalue weighted by Crippen LogP contribution is -2.19. The zero-order chi connectivity index (χ0) is 8.81. The molecule has 0 aliphatic carbocycles. The fourth-order valence-corrected chi connectivity index (χ4v) is 1.63. The van der Waals surface area contributed by atoms with Gasteiger partial charge in [-0.15, -0.1) is 0 Å². The quantitative estimate of drug-likeness (QED) is 0.467. The third-order valence-corrected chi connectivity index (χ3v) is 2.40. The molecule has 0 bridgehead atoms. The van der Waals surface area contributed by atoms with Crippen LogP contribution in [0.3, 0.4) is 0 Å². The van der Waals surface area contributed by atoms with Crippen LogP contribution in [0.15, 0.2) is 12.2 Å². The van der Waals surface area contributed by atoms with Crippen LogP contribution in [0.1, 0.15) is 19.8 Å². The van der Waals surface area contributed by atoms with E-state index < -0.39 is 0 Å². The number of likely N-dealkylation sites (tertiary alicyclic amines) is 1. The average Bonchev–Trinajstić information content (AvgIpc) is 2.53. The van der Waals surface area contributed by atoms with Crippen molar-refractivity contribution in [3.05, 3.63) is 12.2 Å². The Balaban J connectivity index is 2.22. The minimum Gasteiger partial charge on any atom is -0.303 e. The Morgan fingerprint density at radius 1 is 1.58 bits per heavy atom. The first-order valence-corrected chi connectivity index (χ1v) is 4.69. The number of carbonyl (C=O) groups excluding carboxylic acids is 1. The smallest absolute Gasteiger partial charge is 0.123 e. The summed E-state index contributed by atoms with van der Waals surface area (Å²) in [6, 6.07) is 0. The van der Waals surface area contributed by atoms with Gasteiger partial charge in [-0.25, -0.2) is 0 Å². The molecule has 0 saturated carbocycles. The van der Waals surface area contributed by atoms with Gasteiger partial charge in [0.05, 0.1) is 0 Å². The van der Waals surface area contributed by atoms with Crippen LogP contribution in [-0.2, 0) is 4.79 Å². The molecule has 1 aliphatic heterocycles. The van der Waals surface area contributed by atoms with Crippen LogP contribution < -0.4 is 0 Å². The molecular formula is C10H17NO. The zero-order valence-corrected chi connectivity index (χ0v) is 7.70. The lowest BCUT2D eigenvalue weighted by molar-refractivity contribution is -0.107. The number of rotatable bonds is 4. The number of aldehydes is 1. The van der Waals surface area contributed by atoms with Gasteiger partial charge < -0.3 is 9.69 Å². The predicted octanol–water partition coefficient (Wildman–Crippen LogP) is 1.47. The molecule has 1 aliphatic rings. The van der Waals surface area contributed by atoms with E-state index in [1.807, 2.05) is 6.08 Å². The molecule has 0 spiro atoms. The average molecular weight is 167 g/mol. The summed E-state index contributed by atoms with van der Waals surface area (Å²) in [5.41, 5.74) is 0. The van der Waals surface area contributed by atoms with Gasteiger partial charge in [0.25, 0.3) is 0 Å². The van der Waals surface area contributed by atoms with E-state index in [2.05, 4.69) is 17.9 Å². The third-order valence-electron chi connectivity index (χ3n) is 2.40. The van der Waals surface area contributed by atoms with Gasteiger partial charge in [-0.2, -0.15) is 0 Å². The largest absolute Gasteiger partial charge is 0.303 e. The highest BCUT2D eigenvalue weighted by Gasteiger charge is 2.17. The van der Waals surface area contributed by atoms with E-state index in [9.17, 15) is 4.79 Å². The summed E-state index contributed by atoms with van der Waals surface area (Å²) < 4.78 is 0. The molecule has 0 aromatic carbocycles. The molecule has 68 valence electrons. The first kappa shape index (κ1) is 9.46. The van der Waals surface area contributed by atoms with E-state index >= 15 is 0 Å². The summed E-state index contributed by atoms with van der Waals surface area (Å²) in [6.07, 6.45) is 6.94. The van der Waals surface area contributed by atoms with Crippen molar-refractivity contribution in [2.75, 3.05) is 19.6 Å². The molecule has 1 saturated heterocycles. The Kier molecular flexibility index (Phi) is 4.01. The van der Waals surface area contributed by atoms with Crippen LogP contribution in [-0.4, -0.2) is 30.8 Å². The van der Waals surface area contributed by atoms with Gasteiger partial charge >= 0.3 is 0 Å². The SMILES string of the molecule is CCN1CCC(/C=C\CC=O)C1. The van der Waals surface area contributed by atoms with Crippen molar-refractivity contribution < 1.29 is 4.79 Å². The van der Waals surface area contributed by atoms with Gasteiger partial charge in [-0.1, -0.05) is 19.1 Å². The van der Waals surface area contributed by atoms with Crippen LogP contribution >= 0.6 is 0 Å². The van der Waals surface area contributed by atoms with Crippen molar-refractivity contribution in [3.63, 3.8) is 0 Å². The minimum absolute atomic E-state index is 0.572. The van der Waals surface area contributed by atoms with E-state index in [1.165, 1.54) is 19.5 Å². The van der Waals surface area contributed by atoms with Gasteiger partial charge in [0, 0.05) is 13.0 Å². The zero-order valence-electron chi connectivity index (χ0n) is 7.70. The van der Waals surface area contributed by atoms with Crippen LogP contribution in [0.5, 0.6) is 0 Å². The normalized spacial score (nSPS) is 25.2. The minimum atomic E-state index is 0.572. The van der Waals surface area contributed by atoms with Crippen molar-refractivity contribution in [3.8, 4) is 0 Å². The van der Waals surface area contributed by atoms with Crippen molar-refractivity contribution in [2.45, 2.75) is 19.8 Å². The van der Waals surface area contributed by atoms with Gasteiger partial charge in [0.1, 0.15) is 6.29 Å². The Hall–Kier alpha value is -0.630. The Morgan fingerprint density at radius 2 is 2.42 bits per heavy atom. The van der Waals surface area contributed by atoms with E-state index in [1.54, 1.807) is 0 Å². The lowest BCUT2D eigenvalue weighted by atomic mass is 10.1. The molecule has 1 fully saturated rings. The fourth-order valence-electron chi connectivity index (χ4n) is 1.63. The lowest BCUT2D eigenvalue weighted by Gasteiger charge is -2.10. The maximum absolute atomic E-state index is 10.0. The molecule has 0 aromatic heterocycles. The van der Waals surface area contributed by atoms with Crippen molar-refractivity contribution in [1.82, 2.24) is 4.90 Å². The van der Waals surface area contributed by atoms with Gasteiger partial charge in [-0.05, 0) is 25.4 Å². The third kappa shape index (κ3) is 2.78. The highest BCUT2D eigenvalue weighted by atomic mass is 16.1. The van der Waals surface area contributed by atoms with Crippen molar-refractivity contribution in [2.24, 2.45) is 5.92 Å². The molecule has 1 unspecified atom stereocenters. The molecule has 2 heteroatoms. The molecule has 1 heterocycles. The Labute approximate surface area is 74.2 Å². The summed E-state index contributed by atoms with van der Waals surface area (Å²) in [5.74, 6) is 0.685. The highest BCUT2D eigenvalue weighted by Crippen LogP contribution is 2.16. The number of carbonyl (C=O) groups is 1. The van der Waals surface area contributed by atoms with Gasteiger partial charge in [0.2, 0.25) is 0 Å². The second kappa shape index (κ2) is 5.09. The maximum Gasteiger partial charge on any atom is 0.123 e. The Bertz CT molecular complexity index is 165. The highest BCUT2D eigenvalue weighted by molar-refractivity contribution is 5.51. The molecule has 1 rings (SSSR count). The fraction of sp³-hybridized carbons (Fsp3) is 0.700. The molecule has 2 nitrogen and oxygen atoms in total. The van der Waals surface area contributed by atoms with Crippen LogP contribution in [0.4, 0.5) is 0 Å². The predicted molar refractivity (Wildman–Crippen MR) is 50.0 cm³/mol. The first-order chi connectivity index (χ1) is 5.86. The molecule has 12 heavy (non-hydrogen) atoms. The Morgan fingerprint density at radius 3 is 3.00 bits per heavy atom. The monoisotopic (exact) mass is 167 g/mol. The van der Waals surface area contributed by atoms with E-state index in [0.717, 1.165) is 12.8 Å². The van der Waals surface area contributed by atoms with Gasteiger partial charge in [-0.3, -0.25) is 0 Å². The van der Waals surface area contributed by atoms with E-state index in [-0.39, 0.29) is 0 Å². The number of hydrogen-bond acceptors (Lipinski definition) is 2. The molecule has 0 N–H and O–H groups in total. The second-order valence-corrected chi connectivity index (χ2v) is 3.27. The van der Waals surface area contributed by atoms with E-state index in [0.29, 0.717) is 12.3 Å². The molecule has 0 aromatic rings.